The van der Waals surface area contributed by atoms with E-state index in [0.29, 0.717) is 10.8 Å². The highest BCUT2D eigenvalue weighted by Crippen LogP contribution is 2.24. The van der Waals surface area contributed by atoms with Crippen LogP contribution in [-0.2, 0) is 13.2 Å². The molecule has 1 heterocycles. The molecule has 8 heteroatoms. The quantitative estimate of drug-likeness (QED) is 0.900. The number of para-hydroxylation sites is 1. The first-order chi connectivity index (χ1) is 9.63. The summed E-state index contributed by atoms with van der Waals surface area (Å²) in [5, 5.41) is 25.2. The number of nitrogens with zero attached hydrogens (tertiary/aromatic N) is 4. The van der Waals surface area contributed by atoms with Crippen LogP contribution in [0.3, 0.4) is 0 Å². The number of halogens is 1. The Labute approximate surface area is 119 Å². The molecular weight excluding hydrogens is 284 g/mol. The van der Waals surface area contributed by atoms with E-state index < -0.39 is 5.97 Å². The van der Waals surface area contributed by atoms with E-state index in [1.165, 1.54) is 4.68 Å². The summed E-state index contributed by atoms with van der Waals surface area (Å²) in [6.45, 7) is -0.207. The summed E-state index contributed by atoms with van der Waals surface area (Å²) in [5.74, 6) is -0.817. The highest BCUT2D eigenvalue weighted by Gasteiger charge is 2.19. The average Bonchev–Trinajstić information content (AvgIpc) is 2.81. The molecule has 1 aromatic heterocycles. The minimum absolute atomic E-state index is 0.0972. The SMILES string of the molecule is N#CCn1nnc(C(=O)O)c1COc1ccccc1Cl. The van der Waals surface area contributed by atoms with Gasteiger partial charge in [0.25, 0.3) is 0 Å². The number of hydrogen-bond acceptors (Lipinski definition) is 5. The van der Waals surface area contributed by atoms with E-state index in [4.69, 9.17) is 26.7 Å². The minimum Gasteiger partial charge on any atom is -0.486 e. The lowest BCUT2D eigenvalue weighted by Crippen LogP contribution is -2.11. The average molecular weight is 293 g/mol. The number of carboxylic acid groups (broad SMARTS) is 1. The second-order valence-corrected chi connectivity index (χ2v) is 4.13. The van der Waals surface area contributed by atoms with Gasteiger partial charge in [0.05, 0.1) is 11.1 Å². The third kappa shape index (κ3) is 2.87. The molecule has 0 spiro atoms. The first-order valence-corrected chi connectivity index (χ1v) is 5.91. The molecule has 1 aromatic carbocycles. The molecule has 0 fully saturated rings. The Hall–Kier alpha value is -2.59. The van der Waals surface area contributed by atoms with Crippen LogP contribution in [-0.4, -0.2) is 26.1 Å². The molecule has 0 saturated heterocycles. The maximum atomic E-state index is 11.0. The van der Waals surface area contributed by atoms with E-state index >= 15 is 0 Å². The molecular formula is C12H9ClN4O3. The van der Waals surface area contributed by atoms with Crippen molar-refractivity contribution in [3.05, 3.63) is 40.7 Å². The van der Waals surface area contributed by atoms with Gasteiger partial charge in [0.1, 0.15) is 24.6 Å². The Morgan fingerprint density at radius 1 is 1.50 bits per heavy atom. The van der Waals surface area contributed by atoms with Gasteiger partial charge in [-0.05, 0) is 12.1 Å². The van der Waals surface area contributed by atoms with Crippen LogP contribution in [0.2, 0.25) is 5.02 Å². The van der Waals surface area contributed by atoms with E-state index in [-0.39, 0.29) is 24.5 Å². The van der Waals surface area contributed by atoms with Crippen LogP contribution in [0.5, 0.6) is 5.75 Å². The molecule has 0 aliphatic carbocycles. The van der Waals surface area contributed by atoms with Gasteiger partial charge in [-0.3, -0.25) is 0 Å². The van der Waals surface area contributed by atoms with Gasteiger partial charge in [-0.2, -0.15) is 5.26 Å². The van der Waals surface area contributed by atoms with Crippen LogP contribution in [0.1, 0.15) is 16.2 Å². The van der Waals surface area contributed by atoms with Crippen molar-refractivity contribution in [2.75, 3.05) is 0 Å². The number of carboxylic acids is 1. The fourth-order valence-electron chi connectivity index (χ4n) is 1.54. The lowest BCUT2D eigenvalue weighted by Gasteiger charge is -2.08. The molecule has 0 aliphatic rings. The number of ether oxygens (including phenoxy) is 1. The molecule has 102 valence electrons. The predicted octanol–water partition coefficient (Wildman–Crippen LogP) is 1.73. The number of hydrogen-bond donors (Lipinski definition) is 1. The van der Waals surface area contributed by atoms with Gasteiger partial charge in [0.15, 0.2) is 5.69 Å². The van der Waals surface area contributed by atoms with Crippen LogP contribution < -0.4 is 4.74 Å². The van der Waals surface area contributed by atoms with Crippen LogP contribution in [0.15, 0.2) is 24.3 Å². The summed E-state index contributed by atoms with van der Waals surface area (Å²) >= 11 is 5.94. The van der Waals surface area contributed by atoms with E-state index in [2.05, 4.69) is 10.3 Å². The molecule has 0 unspecified atom stereocenters. The topological polar surface area (TPSA) is 101 Å². The smallest absolute Gasteiger partial charge is 0.358 e. The fraction of sp³-hybridized carbons (Fsp3) is 0.167. The molecule has 2 aromatic rings. The minimum atomic E-state index is -1.23. The molecule has 1 N–H and O–H groups in total. The molecule has 0 atom stereocenters. The molecule has 0 bridgehead atoms. The standard InChI is InChI=1S/C12H9ClN4O3/c13-8-3-1-2-4-10(8)20-7-9-11(12(18)19)15-16-17(9)6-5-14/h1-4H,6-7H2,(H,18,19). The summed E-state index contributed by atoms with van der Waals surface area (Å²) in [6.07, 6.45) is 0. The first kappa shape index (κ1) is 13.8. The molecule has 0 radical (unpaired) electrons. The van der Waals surface area contributed by atoms with Crippen molar-refractivity contribution in [2.45, 2.75) is 13.2 Å². The lowest BCUT2D eigenvalue weighted by molar-refractivity contribution is 0.0687. The Kier molecular flexibility index (Phi) is 4.17. The van der Waals surface area contributed by atoms with Gasteiger partial charge in [-0.15, -0.1) is 5.10 Å². The highest BCUT2D eigenvalue weighted by molar-refractivity contribution is 6.32. The zero-order chi connectivity index (χ0) is 14.5. The fourth-order valence-corrected chi connectivity index (χ4v) is 1.73. The first-order valence-electron chi connectivity index (χ1n) is 5.53. The molecule has 0 aliphatic heterocycles. The molecule has 20 heavy (non-hydrogen) atoms. The number of aromatic carboxylic acids is 1. The zero-order valence-corrected chi connectivity index (χ0v) is 10.9. The van der Waals surface area contributed by atoms with Crippen molar-refractivity contribution >= 4 is 17.6 Å². The summed E-state index contributed by atoms with van der Waals surface area (Å²) in [6, 6.07) is 8.67. The van der Waals surface area contributed by atoms with Gasteiger partial charge in [-0.1, -0.05) is 28.9 Å². The van der Waals surface area contributed by atoms with Crippen LogP contribution in [0.25, 0.3) is 0 Å². The normalized spacial score (nSPS) is 10.0. The summed E-state index contributed by atoms with van der Waals surface area (Å²) in [4.78, 5) is 11.0. The maximum Gasteiger partial charge on any atom is 0.358 e. The largest absolute Gasteiger partial charge is 0.486 e. The Bertz CT molecular complexity index is 678. The van der Waals surface area contributed by atoms with Gasteiger partial charge < -0.3 is 9.84 Å². The van der Waals surface area contributed by atoms with Crippen LogP contribution in [0.4, 0.5) is 0 Å². The van der Waals surface area contributed by atoms with Crippen molar-refractivity contribution in [3.8, 4) is 11.8 Å². The molecule has 0 amide bonds. The Morgan fingerprint density at radius 2 is 2.25 bits per heavy atom. The van der Waals surface area contributed by atoms with E-state index in [1.54, 1.807) is 24.3 Å². The Morgan fingerprint density at radius 3 is 2.90 bits per heavy atom. The van der Waals surface area contributed by atoms with E-state index in [1.807, 2.05) is 6.07 Å². The van der Waals surface area contributed by atoms with Crippen LogP contribution >= 0.6 is 11.6 Å². The number of nitriles is 1. The third-order valence-corrected chi connectivity index (χ3v) is 2.77. The van der Waals surface area contributed by atoms with Crippen molar-refractivity contribution in [1.82, 2.24) is 15.0 Å². The third-order valence-electron chi connectivity index (χ3n) is 2.46. The summed E-state index contributed by atoms with van der Waals surface area (Å²) in [7, 11) is 0. The van der Waals surface area contributed by atoms with Crippen molar-refractivity contribution in [2.24, 2.45) is 0 Å². The van der Waals surface area contributed by atoms with Crippen molar-refractivity contribution in [1.29, 1.82) is 5.26 Å². The van der Waals surface area contributed by atoms with E-state index in [0.717, 1.165) is 0 Å². The molecule has 0 saturated carbocycles. The van der Waals surface area contributed by atoms with Gasteiger partial charge in [-0.25, -0.2) is 9.48 Å². The zero-order valence-electron chi connectivity index (χ0n) is 10.2. The lowest BCUT2D eigenvalue weighted by atomic mass is 10.3. The van der Waals surface area contributed by atoms with Gasteiger partial charge in [0.2, 0.25) is 0 Å². The second-order valence-electron chi connectivity index (χ2n) is 3.72. The van der Waals surface area contributed by atoms with E-state index in [9.17, 15) is 4.79 Å². The van der Waals surface area contributed by atoms with Crippen molar-refractivity contribution in [3.63, 3.8) is 0 Å². The maximum absolute atomic E-state index is 11.0. The molecule has 2 rings (SSSR count). The number of rotatable bonds is 5. The summed E-state index contributed by atoms with van der Waals surface area (Å²) in [5.41, 5.74) is -0.0359. The number of aromatic nitrogens is 3. The van der Waals surface area contributed by atoms with Gasteiger partial charge >= 0.3 is 5.97 Å². The number of benzene rings is 1. The summed E-state index contributed by atoms with van der Waals surface area (Å²) < 4.78 is 6.63. The monoisotopic (exact) mass is 292 g/mol. The van der Waals surface area contributed by atoms with Gasteiger partial charge in [0, 0.05) is 0 Å². The Balaban J connectivity index is 2.24. The molecule has 7 nitrogen and oxygen atoms in total. The predicted molar refractivity (Wildman–Crippen MR) is 68.4 cm³/mol. The van der Waals surface area contributed by atoms with Crippen LogP contribution in [0, 0.1) is 11.3 Å². The number of carbonyl (C=O) groups is 1. The second kappa shape index (κ2) is 6.04. The highest BCUT2D eigenvalue weighted by atomic mass is 35.5. The van der Waals surface area contributed by atoms with Crippen molar-refractivity contribution < 1.29 is 14.6 Å².